The van der Waals surface area contributed by atoms with Crippen molar-refractivity contribution in [3.05, 3.63) is 29.6 Å². The quantitative estimate of drug-likeness (QED) is 0.805. The molecule has 3 nitrogen and oxygen atoms in total. The van der Waals surface area contributed by atoms with Gasteiger partial charge in [-0.25, -0.2) is 4.39 Å². The number of halogens is 1. The minimum atomic E-state index is -0.441. The fourth-order valence-electron chi connectivity index (χ4n) is 2.22. The summed E-state index contributed by atoms with van der Waals surface area (Å²) in [6, 6.07) is 7.38. The summed E-state index contributed by atoms with van der Waals surface area (Å²) < 4.78 is 13.6. The highest BCUT2D eigenvalue weighted by atomic mass is 19.1. The van der Waals surface area contributed by atoms with Gasteiger partial charge in [0.1, 0.15) is 17.4 Å². The molecule has 0 saturated carbocycles. The third-order valence-corrected chi connectivity index (χ3v) is 3.18. The van der Waals surface area contributed by atoms with Crippen molar-refractivity contribution < 1.29 is 4.39 Å². The number of nitrogens with zero attached hydrogens (tertiary/aromatic N) is 2. The van der Waals surface area contributed by atoms with Crippen LogP contribution in [0.2, 0.25) is 0 Å². The molecular weight excluding hydrogens is 217 g/mol. The molecule has 0 aliphatic carbocycles. The van der Waals surface area contributed by atoms with Crippen LogP contribution in [0.1, 0.15) is 19.4 Å². The van der Waals surface area contributed by atoms with Crippen LogP contribution in [0, 0.1) is 17.1 Å². The lowest BCUT2D eigenvalue weighted by atomic mass is 10.1. The predicted molar refractivity (Wildman–Crippen MR) is 65.4 cm³/mol. The largest absolute Gasteiger partial charge is 0.365 e. The second-order valence-electron chi connectivity index (χ2n) is 4.56. The van der Waals surface area contributed by atoms with Crippen molar-refractivity contribution in [3.8, 4) is 6.07 Å². The number of benzene rings is 1. The van der Waals surface area contributed by atoms with Gasteiger partial charge >= 0.3 is 0 Å². The van der Waals surface area contributed by atoms with Crippen LogP contribution in [0.3, 0.4) is 0 Å². The zero-order valence-electron chi connectivity index (χ0n) is 10.1. The molecule has 0 bridgehead atoms. The van der Waals surface area contributed by atoms with E-state index in [2.05, 4.69) is 24.1 Å². The van der Waals surface area contributed by atoms with Gasteiger partial charge < -0.3 is 10.2 Å². The van der Waals surface area contributed by atoms with Gasteiger partial charge in [0.2, 0.25) is 0 Å². The third kappa shape index (κ3) is 2.25. The minimum Gasteiger partial charge on any atom is -0.365 e. The van der Waals surface area contributed by atoms with Gasteiger partial charge in [0.05, 0.1) is 5.69 Å². The summed E-state index contributed by atoms with van der Waals surface area (Å²) >= 11 is 0. The predicted octanol–water partition coefficient (Wildman–Crippen LogP) is 1.88. The van der Waals surface area contributed by atoms with Crippen molar-refractivity contribution >= 4 is 5.69 Å². The molecule has 90 valence electrons. The highest BCUT2D eigenvalue weighted by molar-refractivity contribution is 5.60. The van der Waals surface area contributed by atoms with Gasteiger partial charge in [-0.3, -0.25) is 0 Å². The Bertz CT molecular complexity index is 452. The average molecular weight is 233 g/mol. The Morgan fingerprint density at radius 3 is 2.94 bits per heavy atom. The van der Waals surface area contributed by atoms with Gasteiger partial charge in [0.15, 0.2) is 0 Å². The molecule has 4 heteroatoms. The molecule has 0 aromatic heterocycles. The van der Waals surface area contributed by atoms with Gasteiger partial charge in [0, 0.05) is 25.2 Å². The van der Waals surface area contributed by atoms with Crippen LogP contribution in [0.25, 0.3) is 0 Å². The summed E-state index contributed by atoms with van der Waals surface area (Å²) in [5.41, 5.74) is 0.849. The molecule has 0 spiro atoms. The standard InChI is InChI=1S/C13H16FN3/c1-9-8-17(10(2)7-16-9)13-5-3-4-12(14)11(13)6-15/h3-5,9-10,16H,7-8H2,1-2H3. The fraction of sp³-hybridized carbons (Fsp3) is 0.462. The highest BCUT2D eigenvalue weighted by Gasteiger charge is 2.25. The Morgan fingerprint density at radius 1 is 1.47 bits per heavy atom. The van der Waals surface area contributed by atoms with E-state index in [-0.39, 0.29) is 11.6 Å². The minimum absolute atomic E-state index is 0.147. The van der Waals surface area contributed by atoms with Crippen molar-refractivity contribution in [2.75, 3.05) is 18.0 Å². The number of hydrogen-bond acceptors (Lipinski definition) is 3. The van der Waals surface area contributed by atoms with Crippen LogP contribution in [0.15, 0.2) is 18.2 Å². The lowest BCUT2D eigenvalue weighted by Gasteiger charge is -2.39. The number of anilines is 1. The first-order chi connectivity index (χ1) is 8.13. The van der Waals surface area contributed by atoms with Crippen LogP contribution in [0.4, 0.5) is 10.1 Å². The van der Waals surface area contributed by atoms with Crippen molar-refractivity contribution in [3.63, 3.8) is 0 Å². The number of hydrogen-bond donors (Lipinski definition) is 1. The van der Waals surface area contributed by atoms with Crippen LogP contribution >= 0.6 is 0 Å². The summed E-state index contributed by atoms with van der Waals surface area (Å²) in [4.78, 5) is 2.10. The molecule has 1 aromatic rings. The molecule has 1 aliphatic heterocycles. The van der Waals surface area contributed by atoms with E-state index in [1.807, 2.05) is 12.1 Å². The van der Waals surface area contributed by atoms with Gasteiger partial charge in [0.25, 0.3) is 0 Å². The molecule has 1 aliphatic rings. The van der Waals surface area contributed by atoms with Gasteiger partial charge in [-0.15, -0.1) is 0 Å². The Hall–Kier alpha value is -1.60. The molecule has 2 atom stereocenters. The fourth-order valence-corrected chi connectivity index (χ4v) is 2.22. The monoisotopic (exact) mass is 233 g/mol. The summed E-state index contributed by atoms with van der Waals surface area (Å²) in [7, 11) is 0. The zero-order chi connectivity index (χ0) is 12.4. The smallest absolute Gasteiger partial charge is 0.143 e. The Balaban J connectivity index is 2.39. The SMILES string of the molecule is CC1CN(c2cccc(F)c2C#N)C(C)CN1. The normalized spacial score (nSPS) is 24.5. The number of piperazine rings is 1. The summed E-state index contributed by atoms with van der Waals surface area (Å²) in [5, 5.41) is 12.4. The molecule has 1 N–H and O–H groups in total. The van der Waals surface area contributed by atoms with Crippen LogP contribution in [-0.2, 0) is 0 Å². The van der Waals surface area contributed by atoms with E-state index >= 15 is 0 Å². The lowest BCUT2D eigenvalue weighted by molar-refractivity contribution is 0.424. The van der Waals surface area contributed by atoms with E-state index in [0.29, 0.717) is 11.7 Å². The van der Waals surface area contributed by atoms with E-state index in [1.165, 1.54) is 6.07 Å². The molecule has 1 aromatic carbocycles. The summed E-state index contributed by atoms with van der Waals surface area (Å²) in [6.45, 7) is 5.80. The maximum Gasteiger partial charge on any atom is 0.143 e. The third-order valence-electron chi connectivity index (χ3n) is 3.18. The second-order valence-corrected chi connectivity index (χ2v) is 4.56. The molecule has 0 amide bonds. The summed E-state index contributed by atoms with van der Waals surface area (Å²) in [6.07, 6.45) is 0. The Kier molecular flexibility index (Phi) is 3.30. The summed E-state index contributed by atoms with van der Waals surface area (Å²) in [5.74, 6) is -0.441. The van der Waals surface area contributed by atoms with E-state index in [0.717, 1.165) is 13.1 Å². The molecule has 2 rings (SSSR count). The highest BCUT2D eigenvalue weighted by Crippen LogP contribution is 2.25. The Morgan fingerprint density at radius 2 is 2.24 bits per heavy atom. The van der Waals surface area contributed by atoms with E-state index in [9.17, 15) is 4.39 Å². The van der Waals surface area contributed by atoms with Crippen LogP contribution in [-0.4, -0.2) is 25.2 Å². The lowest BCUT2D eigenvalue weighted by Crippen LogP contribution is -2.54. The van der Waals surface area contributed by atoms with Crippen molar-refractivity contribution in [2.24, 2.45) is 0 Å². The molecule has 17 heavy (non-hydrogen) atoms. The molecule has 1 fully saturated rings. The van der Waals surface area contributed by atoms with E-state index in [1.54, 1.807) is 6.07 Å². The topological polar surface area (TPSA) is 39.1 Å². The van der Waals surface area contributed by atoms with Crippen LogP contribution < -0.4 is 10.2 Å². The van der Waals surface area contributed by atoms with Gasteiger partial charge in [-0.1, -0.05) is 6.07 Å². The number of rotatable bonds is 1. The molecule has 2 unspecified atom stereocenters. The molecule has 1 saturated heterocycles. The van der Waals surface area contributed by atoms with E-state index in [4.69, 9.17) is 5.26 Å². The first-order valence-corrected chi connectivity index (χ1v) is 5.82. The zero-order valence-corrected chi connectivity index (χ0v) is 10.1. The molecule has 0 radical (unpaired) electrons. The first kappa shape index (κ1) is 11.9. The molecule has 1 heterocycles. The maximum atomic E-state index is 13.6. The number of nitrogens with one attached hydrogen (secondary N) is 1. The van der Waals surface area contributed by atoms with E-state index < -0.39 is 5.82 Å². The van der Waals surface area contributed by atoms with Gasteiger partial charge in [-0.05, 0) is 26.0 Å². The number of nitriles is 1. The van der Waals surface area contributed by atoms with Crippen molar-refractivity contribution in [1.29, 1.82) is 5.26 Å². The van der Waals surface area contributed by atoms with Crippen molar-refractivity contribution in [1.82, 2.24) is 5.32 Å². The second kappa shape index (κ2) is 4.72. The van der Waals surface area contributed by atoms with Crippen molar-refractivity contribution in [2.45, 2.75) is 25.9 Å². The van der Waals surface area contributed by atoms with Gasteiger partial charge in [-0.2, -0.15) is 5.26 Å². The average Bonchev–Trinajstić information content (AvgIpc) is 2.32. The maximum absolute atomic E-state index is 13.6. The molecular formula is C13H16FN3. The van der Waals surface area contributed by atoms with Crippen LogP contribution in [0.5, 0.6) is 0 Å². The Labute approximate surface area is 101 Å². The first-order valence-electron chi connectivity index (χ1n) is 5.82.